The Hall–Kier alpha value is -4.79. The van der Waals surface area contributed by atoms with E-state index in [1.807, 2.05) is 25.5 Å². The molecule has 0 spiro atoms. The van der Waals surface area contributed by atoms with Crippen LogP contribution in [0.3, 0.4) is 0 Å². The standard InChI is InChI=1S/C31H32F4N4O6S/c1-30(2,3)38-29(40)37-13-7-15-44-27-18-23-20(17-26(27)43-4)24(12-14-36-23)45-25-11-10-19(16-22(25)32)39-46(41,42)28-9-6-5-8-21(28)31(33,34)35/h5-6,8-12,14,16-18,39H,7,13,15H2,1-4H3,(H2,37,38,40). The highest BCUT2D eigenvalue weighted by Crippen LogP contribution is 2.38. The van der Waals surface area contributed by atoms with Crippen LogP contribution < -0.4 is 29.6 Å². The summed E-state index contributed by atoms with van der Waals surface area (Å²) in [5.74, 6) is -0.350. The van der Waals surface area contributed by atoms with Crippen molar-refractivity contribution in [1.82, 2.24) is 15.6 Å². The Labute approximate surface area is 263 Å². The molecular weight excluding hydrogens is 632 g/mol. The number of sulfonamides is 1. The second-order valence-corrected chi connectivity index (χ2v) is 12.7. The van der Waals surface area contributed by atoms with Crippen molar-refractivity contribution in [3.8, 4) is 23.0 Å². The first-order chi connectivity index (χ1) is 21.6. The Morgan fingerprint density at radius 2 is 1.67 bits per heavy atom. The van der Waals surface area contributed by atoms with Gasteiger partial charge < -0.3 is 24.8 Å². The van der Waals surface area contributed by atoms with Gasteiger partial charge in [-0.1, -0.05) is 12.1 Å². The monoisotopic (exact) mass is 664 g/mol. The van der Waals surface area contributed by atoms with Gasteiger partial charge in [0.2, 0.25) is 0 Å². The van der Waals surface area contributed by atoms with Gasteiger partial charge in [0.05, 0.1) is 35.4 Å². The Bertz CT molecular complexity index is 1830. The first-order valence-corrected chi connectivity index (χ1v) is 15.4. The number of amides is 2. The van der Waals surface area contributed by atoms with Gasteiger partial charge in [-0.2, -0.15) is 13.2 Å². The third-order valence-corrected chi connectivity index (χ3v) is 7.67. The third kappa shape index (κ3) is 8.68. The number of rotatable bonds is 11. The van der Waals surface area contributed by atoms with Gasteiger partial charge in [0, 0.05) is 35.8 Å². The molecule has 15 heteroatoms. The summed E-state index contributed by atoms with van der Waals surface area (Å²) in [4.78, 5) is 15.2. The normalized spacial score (nSPS) is 12.0. The fraction of sp³-hybridized carbons (Fsp3) is 0.290. The fourth-order valence-corrected chi connectivity index (χ4v) is 5.52. The molecule has 0 bridgehead atoms. The Morgan fingerprint density at radius 3 is 2.35 bits per heavy atom. The van der Waals surface area contributed by atoms with Crippen molar-refractivity contribution in [3.63, 3.8) is 0 Å². The van der Waals surface area contributed by atoms with Crippen LogP contribution in [0.15, 0.2) is 71.8 Å². The Kier molecular flexibility index (Phi) is 10.1. The number of nitrogens with one attached hydrogen (secondary N) is 3. The maximum atomic E-state index is 15.1. The molecule has 3 aromatic carbocycles. The van der Waals surface area contributed by atoms with Crippen LogP contribution in [-0.4, -0.2) is 45.2 Å². The number of pyridine rings is 1. The Morgan fingerprint density at radius 1 is 0.935 bits per heavy atom. The van der Waals surface area contributed by atoms with E-state index in [0.29, 0.717) is 41.4 Å². The molecule has 3 N–H and O–H groups in total. The molecule has 4 aromatic rings. The van der Waals surface area contributed by atoms with E-state index >= 15 is 4.39 Å². The number of benzene rings is 3. The van der Waals surface area contributed by atoms with Crippen molar-refractivity contribution in [2.24, 2.45) is 0 Å². The summed E-state index contributed by atoms with van der Waals surface area (Å²) >= 11 is 0. The molecule has 0 radical (unpaired) electrons. The molecule has 1 heterocycles. The highest BCUT2D eigenvalue weighted by atomic mass is 32.2. The molecule has 0 aliphatic rings. The van der Waals surface area contributed by atoms with Crippen LogP contribution in [-0.2, 0) is 16.2 Å². The van der Waals surface area contributed by atoms with E-state index in [1.54, 1.807) is 12.1 Å². The molecular formula is C31H32F4N4O6S. The van der Waals surface area contributed by atoms with Crippen molar-refractivity contribution in [2.45, 2.75) is 43.8 Å². The first-order valence-electron chi connectivity index (χ1n) is 13.9. The lowest BCUT2D eigenvalue weighted by atomic mass is 10.1. The number of hydrogen-bond acceptors (Lipinski definition) is 7. The van der Waals surface area contributed by atoms with E-state index in [0.717, 1.165) is 36.4 Å². The van der Waals surface area contributed by atoms with Crippen LogP contribution in [0.1, 0.15) is 32.8 Å². The van der Waals surface area contributed by atoms with Gasteiger partial charge in [0.25, 0.3) is 10.0 Å². The van der Waals surface area contributed by atoms with Gasteiger partial charge in [-0.3, -0.25) is 9.71 Å². The van der Waals surface area contributed by atoms with Crippen LogP contribution in [0.2, 0.25) is 0 Å². The minimum Gasteiger partial charge on any atom is -0.493 e. The van der Waals surface area contributed by atoms with Crippen molar-refractivity contribution in [2.75, 3.05) is 25.0 Å². The lowest BCUT2D eigenvalue weighted by molar-refractivity contribution is -0.139. The summed E-state index contributed by atoms with van der Waals surface area (Å²) < 4.78 is 99.8. The predicted molar refractivity (Wildman–Crippen MR) is 163 cm³/mol. The van der Waals surface area contributed by atoms with Gasteiger partial charge in [-0.15, -0.1) is 0 Å². The molecule has 0 aliphatic heterocycles. The van der Waals surface area contributed by atoms with E-state index in [1.165, 1.54) is 19.4 Å². The maximum Gasteiger partial charge on any atom is 0.417 e. The van der Waals surface area contributed by atoms with Crippen LogP contribution >= 0.6 is 0 Å². The lowest BCUT2D eigenvalue weighted by Gasteiger charge is -2.20. The molecule has 46 heavy (non-hydrogen) atoms. The third-order valence-electron chi connectivity index (χ3n) is 6.23. The molecule has 2 amide bonds. The van der Waals surface area contributed by atoms with Gasteiger partial charge in [0.15, 0.2) is 23.1 Å². The number of ether oxygens (including phenoxy) is 3. The maximum absolute atomic E-state index is 15.1. The number of anilines is 1. The lowest BCUT2D eigenvalue weighted by Crippen LogP contribution is -2.46. The molecule has 0 fully saturated rings. The SMILES string of the molecule is COc1cc2c(Oc3ccc(NS(=O)(=O)c4ccccc4C(F)(F)F)cc3F)ccnc2cc1OCCCNC(=O)NC(C)(C)C. The second kappa shape index (κ2) is 13.7. The van der Waals surface area contributed by atoms with Crippen LogP contribution in [0.4, 0.5) is 28.0 Å². The van der Waals surface area contributed by atoms with E-state index in [2.05, 4.69) is 15.6 Å². The quantitative estimate of drug-likeness (QED) is 0.118. The van der Waals surface area contributed by atoms with Gasteiger partial charge in [0.1, 0.15) is 5.75 Å². The summed E-state index contributed by atoms with van der Waals surface area (Å²) in [6, 6.07) is 11.2. The fourth-order valence-electron chi connectivity index (χ4n) is 4.24. The van der Waals surface area contributed by atoms with Crippen LogP contribution in [0.25, 0.3) is 10.9 Å². The molecule has 0 atom stereocenters. The first kappa shape index (κ1) is 34.1. The predicted octanol–water partition coefficient (Wildman–Crippen LogP) is 6.86. The highest BCUT2D eigenvalue weighted by Gasteiger charge is 2.37. The molecule has 0 unspecified atom stereocenters. The van der Waals surface area contributed by atoms with Crippen molar-refractivity contribution in [1.29, 1.82) is 0 Å². The van der Waals surface area contributed by atoms with E-state index in [4.69, 9.17) is 14.2 Å². The van der Waals surface area contributed by atoms with Crippen molar-refractivity contribution in [3.05, 3.63) is 78.2 Å². The summed E-state index contributed by atoms with van der Waals surface area (Å²) in [5, 5.41) is 6.00. The van der Waals surface area contributed by atoms with E-state index in [9.17, 15) is 26.4 Å². The molecule has 1 aromatic heterocycles. The molecule has 0 saturated carbocycles. The van der Waals surface area contributed by atoms with Crippen molar-refractivity contribution >= 4 is 32.6 Å². The molecule has 246 valence electrons. The van der Waals surface area contributed by atoms with Gasteiger partial charge >= 0.3 is 12.2 Å². The molecule has 10 nitrogen and oxygen atoms in total. The highest BCUT2D eigenvalue weighted by molar-refractivity contribution is 7.92. The Balaban J connectivity index is 1.47. The zero-order valence-corrected chi connectivity index (χ0v) is 26.1. The number of urea groups is 1. The summed E-state index contributed by atoms with van der Waals surface area (Å²) in [6.07, 6.45) is -2.97. The number of aromatic nitrogens is 1. The minimum atomic E-state index is -4.92. The molecule has 0 saturated heterocycles. The van der Waals surface area contributed by atoms with Crippen LogP contribution in [0.5, 0.6) is 23.0 Å². The number of hydrogen-bond donors (Lipinski definition) is 3. The molecule has 4 rings (SSSR count). The zero-order valence-electron chi connectivity index (χ0n) is 25.3. The number of nitrogens with zero attached hydrogens (tertiary/aromatic N) is 1. The van der Waals surface area contributed by atoms with Crippen molar-refractivity contribution < 1.29 is 45.0 Å². The minimum absolute atomic E-state index is 0.190. The number of carbonyl (C=O) groups is 1. The molecule has 0 aliphatic carbocycles. The van der Waals surface area contributed by atoms with E-state index in [-0.39, 0.29) is 35.4 Å². The smallest absolute Gasteiger partial charge is 0.417 e. The number of fused-ring (bicyclic) bond motifs is 1. The zero-order chi connectivity index (χ0) is 33.7. The topological polar surface area (TPSA) is 128 Å². The van der Waals surface area contributed by atoms with E-state index < -0.39 is 32.5 Å². The number of halogens is 4. The van der Waals surface area contributed by atoms with Gasteiger partial charge in [-0.25, -0.2) is 17.6 Å². The average Bonchev–Trinajstić information content (AvgIpc) is 2.96. The number of carbonyl (C=O) groups excluding carboxylic acids is 1. The number of alkyl halides is 3. The summed E-state index contributed by atoms with van der Waals surface area (Å²) in [7, 11) is -3.27. The average molecular weight is 665 g/mol. The number of methoxy groups -OCH3 is 1. The summed E-state index contributed by atoms with van der Waals surface area (Å²) in [5.41, 5.74) is -1.59. The summed E-state index contributed by atoms with van der Waals surface area (Å²) in [6.45, 7) is 6.26. The van der Waals surface area contributed by atoms with Crippen LogP contribution in [0, 0.1) is 5.82 Å². The second-order valence-electron chi connectivity index (χ2n) is 11.0. The van der Waals surface area contributed by atoms with Gasteiger partial charge in [-0.05, 0) is 63.6 Å². The largest absolute Gasteiger partial charge is 0.493 e.